The van der Waals surface area contributed by atoms with Crippen LogP contribution < -0.4 is 4.74 Å². The Balaban J connectivity index is 1.51. The lowest BCUT2D eigenvalue weighted by molar-refractivity contribution is 0.0518. The summed E-state index contributed by atoms with van der Waals surface area (Å²) < 4.78 is 53.4. The molecule has 188 valence electrons. The van der Waals surface area contributed by atoms with Crippen LogP contribution in [0.4, 0.5) is 13.2 Å². The molecule has 2 aromatic carbocycles. The van der Waals surface area contributed by atoms with Crippen LogP contribution in [0, 0.1) is 29.3 Å². The van der Waals surface area contributed by atoms with E-state index in [1.54, 1.807) is 26.0 Å². The van der Waals surface area contributed by atoms with Crippen LogP contribution in [-0.2, 0) is 11.2 Å². The summed E-state index contributed by atoms with van der Waals surface area (Å²) in [5, 5.41) is 21.3. The fourth-order valence-electron chi connectivity index (χ4n) is 5.11. The van der Waals surface area contributed by atoms with Crippen LogP contribution in [0.3, 0.4) is 0 Å². The predicted molar refractivity (Wildman–Crippen MR) is 123 cm³/mol. The van der Waals surface area contributed by atoms with Gasteiger partial charge in [-0.2, -0.15) is 0 Å². The largest absolute Gasteiger partial charge is 0.487 e. The molecule has 0 radical (unpaired) electrons. The number of carbonyl (C=O) groups excluding carboxylic acids is 1. The molecule has 4 rings (SSSR count). The zero-order valence-electron chi connectivity index (χ0n) is 19.6. The fraction of sp³-hybridized carbons (Fsp3) is 0.444. The van der Waals surface area contributed by atoms with Crippen LogP contribution in [-0.4, -0.2) is 41.1 Å². The van der Waals surface area contributed by atoms with Gasteiger partial charge < -0.3 is 19.7 Å². The highest BCUT2D eigenvalue weighted by atomic mass is 19.1. The predicted octanol–water partition coefficient (Wildman–Crippen LogP) is 4.69. The minimum absolute atomic E-state index is 0.0142. The van der Waals surface area contributed by atoms with E-state index in [0.717, 1.165) is 12.1 Å². The lowest BCUT2D eigenvalue weighted by Crippen LogP contribution is -2.24. The van der Waals surface area contributed by atoms with Crippen LogP contribution in [0.25, 0.3) is 0 Å². The number of aliphatic hydroxyl groups excluding tert-OH is 2. The van der Waals surface area contributed by atoms with Crippen molar-refractivity contribution in [3.8, 4) is 5.75 Å². The van der Waals surface area contributed by atoms with Crippen LogP contribution in [0.5, 0.6) is 5.75 Å². The summed E-state index contributed by atoms with van der Waals surface area (Å²) >= 11 is 0. The zero-order chi connectivity index (χ0) is 25.3. The number of aliphatic hydroxyl groups is 2. The molecule has 2 N–H and O–H groups in total. The molecule has 8 heteroatoms. The Bertz CT molecular complexity index is 1120. The van der Waals surface area contributed by atoms with E-state index in [1.807, 2.05) is 0 Å². The van der Waals surface area contributed by atoms with Crippen LogP contribution in [0.2, 0.25) is 0 Å². The molecule has 0 spiro atoms. The fourth-order valence-corrected chi connectivity index (χ4v) is 5.11. The van der Waals surface area contributed by atoms with Crippen molar-refractivity contribution < 1.29 is 37.7 Å². The second-order valence-corrected chi connectivity index (χ2v) is 9.21. The molecule has 0 amide bonds. The van der Waals surface area contributed by atoms with E-state index in [9.17, 15) is 23.8 Å². The van der Waals surface area contributed by atoms with Gasteiger partial charge in [0, 0.05) is 30.2 Å². The van der Waals surface area contributed by atoms with Gasteiger partial charge in [-0.05, 0) is 43.0 Å². The van der Waals surface area contributed by atoms with Crippen molar-refractivity contribution in [2.45, 2.75) is 57.3 Å². The highest BCUT2D eigenvalue weighted by molar-refractivity contribution is 5.90. The second-order valence-electron chi connectivity index (χ2n) is 9.21. The van der Waals surface area contributed by atoms with E-state index >= 15 is 4.39 Å². The maximum absolute atomic E-state index is 15.1. The van der Waals surface area contributed by atoms with E-state index in [0.29, 0.717) is 18.4 Å². The third kappa shape index (κ3) is 5.09. The van der Waals surface area contributed by atoms with E-state index in [1.165, 1.54) is 18.2 Å². The highest BCUT2D eigenvalue weighted by Gasteiger charge is 2.44. The molecular weight excluding hydrogens is 461 g/mol. The van der Waals surface area contributed by atoms with Gasteiger partial charge in [0.25, 0.3) is 0 Å². The molecule has 1 fully saturated rings. The molecule has 1 saturated carbocycles. The minimum Gasteiger partial charge on any atom is -0.487 e. The molecular formula is C27H29F3O5. The number of halogens is 3. The Kier molecular flexibility index (Phi) is 7.52. The van der Waals surface area contributed by atoms with Gasteiger partial charge in [-0.15, -0.1) is 0 Å². The Morgan fingerprint density at radius 3 is 2.74 bits per heavy atom. The number of ether oxygens (including phenoxy) is 2. The molecule has 2 aliphatic rings. The lowest BCUT2D eigenvalue weighted by Gasteiger charge is -2.22. The number of esters is 1. The van der Waals surface area contributed by atoms with Crippen molar-refractivity contribution in [1.82, 2.24) is 0 Å². The Morgan fingerprint density at radius 2 is 2.03 bits per heavy atom. The number of hydrogen-bond donors (Lipinski definition) is 2. The topological polar surface area (TPSA) is 76.0 Å². The second kappa shape index (κ2) is 10.4. The third-order valence-electron chi connectivity index (χ3n) is 7.08. The maximum Gasteiger partial charge on any atom is 0.341 e. The lowest BCUT2D eigenvalue weighted by atomic mass is 9.87. The molecule has 1 aliphatic heterocycles. The van der Waals surface area contributed by atoms with Gasteiger partial charge in [-0.3, -0.25) is 0 Å². The molecule has 1 unspecified atom stereocenters. The molecule has 0 saturated heterocycles. The number of benzene rings is 2. The smallest absolute Gasteiger partial charge is 0.341 e. The van der Waals surface area contributed by atoms with Crippen molar-refractivity contribution in [2.24, 2.45) is 11.8 Å². The first-order chi connectivity index (χ1) is 16.7. The van der Waals surface area contributed by atoms with E-state index in [4.69, 9.17) is 9.47 Å². The van der Waals surface area contributed by atoms with Gasteiger partial charge in [0.05, 0.1) is 24.4 Å². The maximum atomic E-state index is 15.1. The summed E-state index contributed by atoms with van der Waals surface area (Å²) in [5.41, 5.74) is 0.640. The SMILES string of the molecule is CCOC(=O)c1ccc2c(c1F)O[C@H]1C[C@@H](O)[C@H](/C=C/C(O)[C@@H](C)c3ccc(F)cc3F)[C@H]1CC2. The first-order valence-corrected chi connectivity index (χ1v) is 11.9. The van der Waals surface area contributed by atoms with Gasteiger partial charge in [0.1, 0.15) is 17.7 Å². The number of carbonyl (C=O) groups is 1. The van der Waals surface area contributed by atoms with Crippen LogP contribution >= 0.6 is 0 Å². The third-order valence-corrected chi connectivity index (χ3v) is 7.08. The molecule has 1 aliphatic carbocycles. The molecule has 35 heavy (non-hydrogen) atoms. The Morgan fingerprint density at radius 1 is 1.26 bits per heavy atom. The average Bonchev–Trinajstić information content (AvgIpc) is 2.98. The van der Waals surface area contributed by atoms with E-state index < -0.39 is 47.7 Å². The standard InChI is InChI=1S/C27H29F3O5/c1-3-34-27(33)20-8-5-15-4-7-19-18(23(32)13-24(19)35-26(15)25(20)30)10-11-22(31)14(2)17-9-6-16(28)12-21(17)29/h5-6,8-12,14,18-19,22-24,31-32H,3-4,7,13H2,1-2H3/b11-10+/t14-,18+,19+,22?,23+,24-/m0/s1. The van der Waals surface area contributed by atoms with Crippen molar-refractivity contribution in [3.05, 3.63) is 76.6 Å². The summed E-state index contributed by atoms with van der Waals surface area (Å²) in [6, 6.07) is 6.29. The molecule has 0 bridgehead atoms. The summed E-state index contributed by atoms with van der Waals surface area (Å²) in [6.07, 6.45) is 2.28. The monoisotopic (exact) mass is 490 g/mol. The van der Waals surface area contributed by atoms with Gasteiger partial charge in [-0.25, -0.2) is 18.0 Å². The quantitative estimate of drug-likeness (QED) is 0.454. The minimum atomic E-state index is -1.06. The molecule has 6 atom stereocenters. The first-order valence-electron chi connectivity index (χ1n) is 11.9. The summed E-state index contributed by atoms with van der Waals surface area (Å²) in [5.74, 6) is -4.07. The number of aryl methyl sites for hydroxylation is 1. The van der Waals surface area contributed by atoms with Crippen LogP contribution in [0.15, 0.2) is 42.5 Å². The molecule has 1 heterocycles. The average molecular weight is 491 g/mol. The number of rotatable bonds is 6. The van der Waals surface area contributed by atoms with Crippen molar-refractivity contribution in [3.63, 3.8) is 0 Å². The number of hydrogen-bond acceptors (Lipinski definition) is 5. The Hall–Kier alpha value is -2.84. The van der Waals surface area contributed by atoms with E-state index in [2.05, 4.69) is 0 Å². The number of fused-ring (bicyclic) bond motifs is 2. The van der Waals surface area contributed by atoms with Gasteiger partial charge in [0.2, 0.25) is 0 Å². The van der Waals surface area contributed by atoms with Gasteiger partial charge in [-0.1, -0.05) is 31.2 Å². The summed E-state index contributed by atoms with van der Waals surface area (Å²) in [4.78, 5) is 12.1. The summed E-state index contributed by atoms with van der Waals surface area (Å²) in [7, 11) is 0. The highest BCUT2D eigenvalue weighted by Crippen LogP contribution is 2.44. The summed E-state index contributed by atoms with van der Waals surface area (Å²) in [6.45, 7) is 3.40. The van der Waals surface area contributed by atoms with Crippen LogP contribution in [0.1, 0.15) is 54.1 Å². The normalized spacial score (nSPS) is 25.3. The molecule has 0 aromatic heterocycles. The zero-order valence-corrected chi connectivity index (χ0v) is 19.6. The Labute approximate surface area is 202 Å². The van der Waals surface area contributed by atoms with Crippen molar-refractivity contribution in [1.29, 1.82) is 0 Å². The molecule has 5 nitrogen and oxygen atoms in total. The first kappa shape index (κ1) is 25.3. The van der Waals surface area contributed by atoms with Gasteiger partial charge >= 0.3 is 5.97 Å². The molecule has 2 aromatic rings. The van der Waals surface area contributed by atoms with Crippen molar-refractivity contribution >= 4 is 5.97 Å². The van der Waals surface area contributed by atoms with Gasteiger partial charge in [0.15, 0.2) is 11.6 Å². The van der Waals surface area contributed by atoms with E-state index in [-0.39, 0.29) is 41.7 Å². The van der Waals surface area contributed by atoms with Crippen molar-refractivity contribution in [2.75, 3.05) is 6.61 Å².